The van der Waals surface area contributed by atoms with Gasteiger partial charge in [0, 0.05) is 31.8 Å². The van der Waals surface area contributed by atoms with E-state index in [4.69, 9.17) is 10.5 Å². The van der Waals surface area contributed by atoms with Crippen molar-refractivity contribution in [3.05, 3.63) is 64.1 Å². The number of hydrogen-bond donors (Lipinski definition) is 3. The number of anilines is 1. The van der Waals surface area contributed by atoms with E-state index in [0.29, 0.717) is 17.7 Å². The Hall–Kier alpha value is -3.93. The number of carbonyl (C=O) groups excluding carboxylic acids is 3. The van der Waals surface area contributed by atoms with Gasteiger partial charge >= 0.3 is 11.9 Å². The number of amides is 2. The Morgan fingerprint density at radius 1 is 1.27 bits per heavy atom. The van der Waals surface area contributed by atoms with Crippen molar-refractivity contribution in [2.75, 3.05) is 18.8 Å². The van der Waals surface area contributed by atoms with E-state index in [1.165, 1.54) is 31.3 Å². The highest BCUT2D eigenvalue weighted by Crippen LogP contribution is 2.26. The quantitative estimate of drug-likeness (QED) is 0.409. The fourth-order valence-electron chi connectivity index (χ4n) is 3.85. The fraction of sp³-hybridized carbons (Fsp3) is 0.400. The van der Waals surface area contributed by atoms with Crippen molar-refractivity contribution in [1.82, 2.24) is 25.7 Å². The van der Waals surface area contributed by atoms with Crippen molar-refractivity contribution in [1.29, 1.82) is 0 Å². The number of nitrogens with one attached hydrogen (secondary N) is 2. The Labute approximate surface area is 213 Å². The molecular formula is C25H30F2N6O4. The highest BCUT2D eigenvalue weighted by Gasteiger charge is 2.35. The zero-order valence-corrected chi connectivity index (χ0v) is 20.9. The van der Waals surface area contributed by atoms with Crippen molar-refractivity contribution < 1.29 is 27.9 Å². The van der Waals surface area contributed by atoms with E-state index in [1.807, 2.05) is 0 Å². The van der Waals surface area contributed by atoms with Crippen molar-refractivity contribution in [3.63, 3.8) is 0 Å². The monoisotopic (exact) mass is 516 g/mol. The maximum atomic E-state index is 14.5. The lowest BCUT2D eigenvalue weighted by molar-refractivity contribution is -0.142. The Morgan fingerprint density at radius 2 is 2.03 bits per heavy atom. The molecule has 0 aliphatic carbocycles. The van der Waals surface area contributed by atoms with Crippen molar-refractivity contribution in [3.8, 4) is 0 Å². The zero-order chi connectivity index (χ0) is 27.2. The number of hydrazine groups is 1. The molecule has 0 fully saturated rings. The van der Waals surface area contributed by atoms with Crippen LogP contribution in [0.1, 0.15) is 49.2 Å². The van der Waals surface area contributed by atoms with Gasteiger partial charge in [-0.3, -0.25) is 24.4 Å². The number of aromatic nitrogens is 2. The van der Waals surface area contributed by atoms with Crippen molar-refractivity contribution >= 4 is 23.6 Å². The molecule has 12 heteroatoms. The number of hydrogen-bond acceptors (Lipinski definition) is 8. The predicted octanol–water partition coefficient (Wildman–Crippen LogP) is 2.28. The smallest absolute Gasteiger partial charge is 0.303 e. The van der Waals surface area contributed by atoms with Crippen LogP contribution in [0.3, 0.4) is 0 Å². The first kappa shape index (κ1) is 27.7. The molecule has 0 spiro atoms. The third-order valence-corrected chi connectivity index (χ3v) is 5.93. The van der Waals surface area contributed by atoms with Crippen LogP contribution >= 0.6 is 0 Å². The average molecular weight is 517 g/mol. The van der Waals surface area contributed by atoms with Crippen molar-refractivity contribution in [2.24, 2.45) is 0 Å². The van der Waals surface area contributed by atoms with Crippen molar-refractivity contribution in [2.45, 2.75) is 52.7 Å². The summed E-state index contributed by atoms with van der Waals surface area (Å²) in [7, 11) is 0. The van der Waals surface area contributed by atoms with Gasteiger partial charge in [-0.25, -0.2) is 10.4 Å². The minimum absolute atomic E-state index is 0.0767. The second kappa shape index (κ2) is 11.9. The summed E-state index contributed by atoms with van der Waals surface area (Å²) >= 11 is 0. The van der Waals surface area contributed by atoms with Gasteiger partial charge in [0.05, 0.1) is 18.7 Å². The molecule has 3 rings (SSSR count). The summed E-state index contributed by atoms with van der Waals surface area (Å²) in [5.41, 5.74) is 10.7. The van der Waals surface area contributed by atoms with Gasteiger partial charge in [-0.1, -0.05) is 11.6 Å². The number of nitrogens with zero attached hydrogens (tertiary/aromatic N) is 3. The molecule has 10 nitrogen and oxygen atoms in total. The minimum atomic E-state index is -3.29. The third kappa shape index (κ3) is 7.29. The maximum Gasteiger partial charge on any atom is 0.303 e. The molecule has 0 saturated carbocycles. The van der Waals surface area contributed by atoms with E-state index in [1.54, 1.807) is 19.9 Å². The number of pyridine rings is 2. The molecule has 37 heavy (non-hydrogen) atoms. The lowest BCUT2D eigenvalue weighted by Crippen LogP contribution is -2.50. The van der Waals surface area contributed by atoms with Crippen LogP contribution in [-0.2, 0) is 38.2 Å². The van der Waals surface area contributed by atoms with Gasteiger partial charge in [0.1, 0.15) is 18.1 Å². The van der Waals surface area contributed by atoms with E-state index in [9.17, 15) is 23.2 Å². The average Bonchev–Trinajstić information content (AvgIpc) is 2.84. The first-order valence-corrected chi connectivity index (χ1v) is 11.7. The zero-order valence-electron chi connectivity index (χ0n) is 20.9. The molecule has 3 heterocycles. The molecule has 2 amide bonds. The Morgan fingerprint density at radius 3 is 2.70 bits per heavy atom. The number of nitrogens with two attached hydrogens (primary N) is 1. The fourth-order valence-corrected chi connectivity index (χ4v) is 3.85. The van der Waals surface area contributed by atoms with Gasteiger partial charge in [-0.2, -0.15) is 8.78 Å². The SMILES string of the molecule is CC(=O)OCc1nc(N)cc(C)c1CNC(=O)CC1=C(C)CCN(NCC(F)(F)c2ccccn2)C1=O. The molecule has 0 aromatic carbocycles. The van der Waals surface area contributed by atoms with Gasteiger partial charge in [-0.05, 0) is 49.6 Å². The van der Waals surface area contributed by atoms with E-state index in [2.05, 4.69) is 20.7 Å². The predicted molar refractivity (Wildman–Crippen MR) is 130 cm³/mol. The second-order valence-corrected chi connectivity index (χ2v) is 8.74. The number of rotatable bonds is 10. The van der Waals surface area contributed by atoms with E-state index in [0.717, 1.165) is 16.1 Å². The van der Waals surface area contributed by atoms with Crippen LogP contribution in [-0.4, -0.2) is 45.9 Å². The molecule has 2 aromatic heterocycles. The lowest BCUT2D eigenvalue weighted by Gasteiger charge is -2.31. The number of carbonyl (C=O) groups is 3. The largest absolute Gasteiger partial charge is 0.459 e. The van der Waals surface area contributed by atoms with Crippen LogP contribution in [0.15, 0.2) is 41.6 Å². The molecule has 0 radical (unpaired) electrons. The molecule has 0 saturated heterocycles. The Bertz CT molecular complexity index is 1200. The highest BCUT2D eigenvalue weighted by atomic mass is 19.3. The molecule has 1 aliphatic rings. The summed E-state index contributed by atoms with van der Waals surface area (Å²) in [4.78, 5) is 44.8. The number of aryl methyl sites for hydroxylation is 1. The van der Waals surface area contributed by atoms with E-state index >= 15 is 0 Å². The van der Waals surface area contributed by atoms with Crippen LogP contribution in [0.2, 0.25) is 0 Å². The van der Waals surface area contributed by atoms with Gasteiger partial charge < -0.3 is 15.8 Å². The van der Waals surface area contributed by atoms with Crippen LogP contribution < -0.4 is 16.5 Å². The number of ether oxygens (including phenoxy) is 1. The molecule has 1 aliphatic heterocycles. The summed E-state index contributed by atoms with van der Waals surface area (Å²) < 4.78 is 34.0. The van der Waals surface area contributed by atoms with Crippen LogP contribution in [0.25, 0.3) is 0 Å². The van der Waals surface area contributed by atoms with Gasteiger partial charge in [0.15, 0.2) is 0 Å². The molecule has 198 valence electrons. The summed E-state index contributed by atoms with van der Waals surface area (Å²) in [6, 6.07) is 5.86. The lowest BCUT2D eigenvalue weighted by atomic mass is 9.98. The molecule has 0 atom stereocenters. The van der Waals surface area contributed by atoms with Gasteiger partial charge in [-0.15, -0.1) is 0 Å². The molecule has 0 unspecified atom stereocenters. The molecule has 2 aromatic rings. The van der Waals surface area contributed by atoms with E-state index in [-0.39, 0.29) is 37.5 Å². The third-order valence-electron chi connectivity index (χ3n) is 5.93. The summed E-state index contributed by atoms with van der Waals surface area (Å²) in [6.45, 7) is 4.17. The van der Waals surface area contributed by atoms with Gasteiger partial charge in [0.25, 0.3) is 5.91 Å². The number of alkyl halides is 2. The molecule has 4 N–H and O–H groups in total. The van der Waals surface area contributed by atoms with Crippen LogP contribution in [0.4, 0.5) is 14.6 Å². The summed E-state index contributed by atoms with van der Waals surface area (Å²) in [5.74, 6) is -4.48. The van der Waals surface area contributed by atoms with Crippen LogP contribution in [0.5, 0.6) is 0 Å². The maximum absolute atomic E-state index is 14.5. The van der Waals surface area contributed by atoms with Crippen LogP contribution in [0, 0.1) is 6.92 Å². The Balaban J connectivity index is 1.62. The molecular weight excluding hydrogens is 486 g/mol. The second-order valence-electron chi connectivity index (χ2n) is 8.74. The van der Waals surface area contributed by atoms with E-state index < -0.39 is 35.9 Å². The number of nitrogen functional groups attached to an aromatic ring is 1. The number of esters is 1. The summed E-state index contributed by atoms with van der Waals surface area (Å²) in [6.07, 6.45) is 1.49. The Kier molecular flexibility index (Phi) is 8.87. The topological polar surface area (TPSA) is 140 Å². The number of halogens is 2. The first-order chi connectivity index (χ1) is 17.5. The van der Waals surface area contributed by atoms with Gasteiger partial charge in [0.2, 0.25) is 5.91 Å². The molecule has 0 bridgehead atoms. The minimum Gasteiger partial charge on any atom is -0.459 e. The highest BCUT2D eigenvalue weighted by molar-refractivity contribution is 5.99. The standard InChI is InChI=1S/C25H30F2N6O4/c1-15-7-9-33(31-14-25(26,27)21-6-4-5-8-29-21)24(36)18(15)11-23(35)30-12-19-16(2)10-22(28)32-20(19)13-37-17(3)34/h4-6,8,10,31H,7,9,11-14H2,1-3H3,(H2,28,32)(H,30,35). The first-order valence-electron chi connectivity index (χ1n) is 11.7. The normalized spacial score (nSPS) is 14.1. The summed E-state index contributed by atoms with van der Waals surface area (Å²) in [5, 5.41) is 3.86.